The van der Waals surface area contributed by atoms with Crippen molar-refractivity contribution in [3.63, 3.8) is 0 Å². The standard InChI is InChI=1S/C17H11Cl2NO4S2/c18-9-1-3-12(19)11(7-9)13-4-2-10(24-13)8-14-16(23)20(17(25)26-14)6-5-15(21)22/h1-4,7-8H,5-6H2,(H,21,22)/p-1/b14-8-. The summed E-state index contributed by atoms with van der Waals surface area (Å²) in [6.07, 6.45) is 1.28. The number of hydrogen-bond acceptors (Lipinski definition) is 6. The first kappa shape index (κ1) is 19.0. The van der Waals surface area contributed by atoms with Crippen LogP contribution in [-0.2, 0) is 9.59 Å². The molecule has 134 valence electrons. The summed E-state index contributed by atoms with van der Waals surface area (Å²) in [6, 6.07) is 8.45. The Kier molecular flexibility index (Phi) is 5.72. The van der Waals surface area contributed by atoms with Gasteiger partial charge in [-0.2, -0.15) is 0 Å². The fourth-order valence-electron chi connectivity index (χ4n) is 2.29. The molecular formula is C17H10Cl2NO4S2-. The number of carboxylic acid groups (broad SMARTS) is 1. The van der Waals surface area contributed by atoms with Crippen LogP contribution in [0, 0.1) is 0 Å². The van der Waals surface area contributed by atoms with E-state index in [4.69, 9.17) is 39.8 Å². The highest BCUT2D eigenvalue weighted by molar-refractivity contribution is 8.26. The molecule has 3 rings (SSSR count). The predicted octanol–water partition coefficient (Wildman–Crippen LogP) is 3.59. The molecule has 0 saturated carbocycles. The van der Waals surface area contributed by atoms with Gasteiger partial charge in [0.05, 0.1) is 9.93 Å². The lowest BCUT2D eigenvalue weighted by Gasteiger charge is -2.14. The van der Waals surface area contributed by atoms with Crippen molar-refractivity contribution in [3.8, 4) is 11.3 Å². The second-order valence-corrected chi connectivity index (χ2v) is 7.80. The number of rotatable bonds is 5. The van der Waals surface area contributed by atoms with Crippen LogP contribution in [-0.4, -0.2) is 27.6 Å². The smallest absolute Gasteiger partial charge is 0.266 e. The van der Waals surface area contributed by atoms with Gasteiger partial charge in [-0.05, 0) is 30.3 Å². The Hall–Kier alpha value is -1.80. The van der Waals surface area contributed by atoms with Gasteiger partial charge in [0, 0.05) is 35.6 Å². The summed E-state index contributed by atoms with van der Waals surface area (Å²) in [5.74, 6) is -0.648. The van der Waals surface area contributed by atoms with Crippen molar-refractivity contribution < 1.29 is 19.1 Å². The van der Waals surface area contributed by atoms with Crippen LogP contribution in [0.2, 0.25) is 10.0 Å². The number of thiocarbonyl (C=S) groups is 1. The molecule has 1 aromatic heterocycles. The number of halogens is 2. The van der Waals surface area contributed by atoms with Crippen LogP contribution >= 0.6 is 47.2 Å². The molecular weight excluding hydrogens is 417 g/mol. The maximum absolute atomic E-state index is 12.4. The lowest BCUT2D eigenvalue weighted by molar-refractivity contribution is -0.305. The summed E-state index contributed by atoms with van der Waals surface area (Å²) < 4.78 is 6.03. The lowest BCUT2D eigenvalue weighted by Crippen LogP contribution is -2.33. The number of aliphatic carboxylic acids is 1. The van der Waals surface area contributed by atoms with Crippen molar-refractivity contribution in [2.24, 2.45) is 0 Å². The Labute approximate surface area is 168 Å². The number of carbonyl (C=O) groups is 2. The number of carboxylic acids is 1. The number of nitrogens with zero attached hydrogens (tertiary/aromatic N) is 1. The molecule has 5 nitrogen and oxygen atoms in total. The Morgan fingerprint density at radius 2 is 2.08 bits per heavy atom. The number of amides is 1. The zero-order valence-electron chi connectivity index (χ0n) is 13.0. The average Bonchev–Trinajstić information content (AvgIpc) is 3.14. The zero-order valence-corrected chi connectivity index (χ0v) is 16.2. The molecule has 0 N–H and O–H groups in total. The summed E-state index contributed by atoms with van der Waals surface area (Å²) in [4.78, 5) is 24.5. The third kappa shape index (κ3) is 4.12. The fourth-order valence-corrected chi connectivity index (χ4v) is 3.96. The van der Waals surface area contributed by atoms with Gasteiger partial charge in [0.25, 0.3) is 5.91 Å². The van der Waals surface area contributed by atoms with Crippen molar-refractivity contribution >= 4 is 69.5 Å². The van der Waals surface area contributed by atoms with E-state index < -0.39 is 5.97 Å². The topological polar surface area (TPSA) is 73.6 Å². The van der Waals surface area contributed by atoms with Crippen LogP contribution in [0.25, 0.3) is 17.4 Å². The Morgan fingerprint density at radius 3 is 2.81 bits per heavy atom. The highest BCUT2D eigenvalue weighted by Crippen LogP contribution is 2.35. The van der Waals surface area contributed by atoms with Gasteiger partial charge in [-0.15, -0.1) is 0 Å². The van der Waals surface area contributed by atoms with Crippen LogP contribution in [0.4, 0.5) is 0 Å². The van der Waals surface area contributed by atoms with Gasteiger partial charge in [0.15, 0.2) is 0 Å². The fraction of sp³-hybridized carbons (Fsp3) is 0.118. The summed E-state index contributed by atoms with van der Waals surface area (Å²) >= 11 is 18.4. The minimum atomic E-state index is -1.24. The van der Waals surface area contributed by atoms with E-state index in [9.17, 15) is 14.7 Å². The van der Waals surface area contributed by atoms with E-state index in [0.717, 1.165) is 11.8 Å². The normalized spacial score (nSPS) is 15.9. The van der Waals surface area contributed by atoms with Crippen molar-refractivity contribution in [3.05, 3.63) is 51.0 Å². The van der Waals surface area contributed by atoms with E-state index in [0.29, 0.717) is 36.4 Å². The highest BCUT2D eigenvalue weighted by Gasteiger charge is 2.31. The molecule has 1 aliphatic heterocycles. The summed E-state index contributed by atoms with van der Waals surface area (Å²) in [5, 5.41) is 11.6. The molecule has 1 amide bonds. The summed E-state index contributed by atoms with van der Waals surface area (Å²) in [6.45, 7) is -0.0220. The Balaban J connectivity index is 1.82. The molecule has 2 heterocycles. The average molecular weight is 427 g/mol. The largest absolute Gasteiger partial charge is 0.550 e. The summed E-state index contributed by atoms with van der Waals surface area (Å²) in [7, 11) is 0. The number of furan rings is 1. The van der Waals surface area contributed by atoms with Crippen LogP contribution in [0.1, 0.15) is 12.2 Å². The van der Waals surface area contributed by atoms with Gasteiger partial charge < -0.3 is 14.3 Å². The predicted molar refractivity (Wildman–Crippen MR) is 104 cm³/mol. The van der Waals surface area contributed by atoms with Gasteiger partial charge in [0.2, 0.25) is 0 Å². The molecule has 1 aromatic carbocycles. The first-order valence-corrected chi connectivity index (χ1v) is 9.33. The van der Waals surface area contributed by atoms with Crippen LogP contribution in [0.15, 0.2) is 39.7 Å². The molecule has 1 saturated heterocycles. The van der Waals surface area contributed by atoms with Gasteiger partial charge in [-0.25, -0.2) is 0 Å². The van der Waals surface area contributed by atoms with Gasteiger partial charge in [-0.1, -0.05) is 47.2 Å². The molecule has 0 atom stereocenters. The zero-order chi connectivity index (χ0) is 18.8. The second kappa shape index (κ2) is 7.84. The molecule has 0 radical (unpaired) electrons. The van der Waals surface area contributed by atoms with Crippen molar-refractivity contribution in [2.45, 2.75) is 6.42 Å². The molecule has 1 aliphatic rings. The first-order chi connectivity index (χ1) is 12.3. The Morgan fingerprint density at radius 1 is 1.31 bits per heavy atom. The van der Waals surface area contributed by atoms with Crippen molar-refractivity contribution in [1.29, 1.82) is 0 Å². The first-order valence-electron chi connectivity index (χ1n) is 7.35. The van der Waals surface area contributed by atoms with Crippen LogP contribution in [0.5, 0.6) is 0 Å². The van der Waals surface area contributed by atoms with Gasteiger partial charge >= 0.3 is 0 Å². The molecule has 1 fully saturated rings. The molecule has 0 spiro atoms. The number of hydrogen-bond donors (Lipinski definition) is 0. The maximum Gasteiger partial charge on any atom is 0.266 e. The van der Waals surface area contributed by atoms with E-state index in [-0.39, 0.29) is 18.9 Å². The third-order valence-corrected chi connectivity index (χ3v) is 5.45. The second-order valence-electron chi connectivity index (χ2n) is 5.28. The van der Waals surface area contributed by atoms with E-state index in [1.54, 1.807) is 36.4 Å². The SMILES string of the molecule is O=C([O-])CCN1C(=O)/C(=C/c2ccc(-c3cc(Cl)ccc3Cl)o2)SC1=S. The molecule has 26 heavy (non-hydrogen) atoms. The Bertz CT molecular complexity index is 939. The van der Waals surface area contributed by atoms with Gasteiger partial charge in [-0.3, -0.25) is 9.69 Å². The van der Waals surface area contributed by atoms with E-state index in [1.807, 2.05) is 0 Å². The summed E-state index contributed by atoms with van der Waals surface area (Å²) in [5.41, 5.74) is 0.639. The lowest BCUT2D eigenvalue weighted by atomic mass is 10.2. The quantitative estimate of drug-likeness (QED) is 0.537. The number of benzene rings is 1. The minimum Gasteiger partial charge on any atom is -0.550 e. The van der Waals surface area contributed by atoms with Crippen molar-refractivity contribution in [2.75, 3.05) is 6.54 Å². The maximum atomic E-state index is 12.4. The molecule has 2 aromatic rings. The number of carbonyl (C=O) groups excluding carboxylic acids is 2. The monoisotopic (exact) mass is 426 g/mol. The highest BCUT2D eigenvalue weighted by atomic mass is 35.5. The van der Waals surface area contributed by atoms with E-state index in [1.165, 1.54) is 4.90 Å². The van der Waals surface area contributed by atoms with Gasteiger partial charge in [0.1, 0.15) is 15.8 Å². The van der Waals surface area contributed by atoms with Crippen LogP contribution < -0.4 is 5.11 Å². The number of thioether (sulfide) groups is 1. The van der Waals surface area contributed by atoms with E-state index >= 15 is 0 Å². The molecule has 9 heteroatoms. The molecule has 0 bridgehead atoms. The molecule has 0 aliphatic carbocycles. The van der Waals surface area contributed by atoms with Crippen molar-refractivity contribution in [1.82, 2.24) is 4.90 Å². The van der Waals surface area contributed by atoms with Crippen LogP contribution in [0.3, 0.4) is 0 Å². The van der Waals surface area contributed by atoms with E-state index in [2.05, 4.69) is 0 Å². The third-order valence-electron chi connectivity index (χ3n) is 3.51. The minimum absolute atomic E-state index is 0.0220. The molecule has 0 unspecified atom stereocenters.